The SMILES string of the molecule is C1=NCNc2n[nH]nc21. The minimum Gasteiger partial charge on any atom is -0.348 e. The summed E-state index contributed by atoms with van der Waals surface area (Å²) in [7, 11) is 0. The van der Waals surface area contributed by atoms with Crippen molar-refractivity contribution < 1.29 is 0 Å². The Morgan fingerprint density at radius 3 is 3.33 bits per heavy atom. The van der Waals surface area contributed by atoms with Gasteiger partial charge in [0.2, 0.25) is 0 Å². The Morgan fingerprint density at radius 1 is 1.44 bits per heavy atom. The maximum atomic E-state index is 3.93. The molecule has 0 aromatic carbocycles. The van der Waals surface area contributed by atoms with Gasteiger partial charge in [-0.05, 0) is 0 Å². The van der Waals surface area contributed by atoms with Gasteiger partial charge in [-0.3, -0.25) is 4.99 Å². The average Bonchev–Trinajstić information content (AvgIpc) is 2.33. The van der Waals surface area contributed by atoms with Crippen LogP contribution in [0, 0.1) is 0 Å². The van der Waals surface area contributed by atoms with E-state index in [1.807, 2.05) is 0 Å². The molecule has 0 fully saturated rings. The standard InChI is InChI=1S/C4H5N5/c1-3-4(6-2-5-1)8-9-7-3/h1H,2H2,(H2,6,7,8,9). The highest BCUT2D eigenvalue weighted by Crippen LogP contribution is 2.06. The summed E-state index contributed by atoms with van der Waals surface area (Å²) in [4.78, 5) is 3.93. The quantitative estimate of drug-likeness (QED) is 0.493. The van der Waals surface area contributed by atoms with Gasteiger partial charge in [0.25, 0.3) is 0 Å². The molecule has 0 atom stereocenters. The lowest BCUT2D eigenvalue weighted by Gasteiger charge is -2.01. The smallest absolute Gasteiger partial charge is 0.178 e. The van der Waals surface area contributed by atoms with Crippen molar-refractivity contribution in [3.63, 3.8) is 0 Å². The molecule has 46 valence electrons. The van der Waals surface area contributed by atoms with Crippen molar-refractivity contribution >= 4 is 12.0 Å². The fourth-order valence-corrected chi connectivity index (χ4v) is 0.712. The molecule has 0 spiro atoms. The van der Waals surface area contributed by atoms with E-state index in [4.69, 9.17) is 0 Å². The second-order valence-electron chi connectivity index (χ2n) is 1.70. The number of hydrogen-bond donors (Lipinski definition) is 2. The zero-order chi connectivity index (χ0) is 6.10. The lowest BCUT2D eigenvalue weighted by atomic mass is 10.4. The van der Waals surface area contributed by atoms with Crippen LogP contribution in [0.4, 0.5) is 5.82 Å². The molecule has 5 heteroatoms. The summed E-state index contributed by atoms with van der Waals surface area (Å²) >= 11 is 0. The topological polar surface area (TPSA) is 66.0 Å². The van der Waals surface area contributed by atoms with Crippen LogP contribution in [-0.2, 0) is 0 Å². The van der Waals surface area contributed by atoms with Crippen LogP contribution in [0.15, 0.2) is 4.99 Å². The summed E-state index contributed by atoms with van der Waals surface area (Å²) in [6, 6.07) is 0. The van der Waals surface area contributed by atoms with Gasteiger partial charge in [0.1, 0.15) is 12.4 Å². The highest BCUT2D eigenvalue weighted by atomic mass is 15.4. The molecule has 0 radical (unpaired) electrons. The van der Waals surface area contributed by atoms with Gasteiger partial charge in [-0.15, -0.1) is 5.10 Å². The number of hydrogen-bond acceptors (Lipinski definition) is 4. The van der Waals surface area contributed by atoms with Crippen molar-refractivity contribution in [3.8, 4) is 0 Å². The first-order valence-electron chi connectivity index (χ1n) is 2.61. The highest BCUT2D eigenvalue weighted by molar-refractivity contribution is 5.84. The van der Waals surface area contributed by atoms with E-state index in [1.165, 1.54) is 0 Å². The van der Waals surface area contributed by atoms with Crippen LogP contribution in [0.2, 0.25) is 0 Å². The monoisotopic (exact) mass is 123 g/mol. The van der Waals surface area contributed by atoms with E-state index in [0.717, 1.165) is 11.5 Å². The van der Waals surface area contributed by atoms with Crippen LogP contribution >= 0.6 is 0 Å². The summed E-state index contributed by atoms with van der Waals surface area (Å²) in [6.45, 7) is 0.597. The van der Waals surface area contributed by atoms with E-state index in [2.05, 4.69) is 25.7 Å². The van der Waals surface area contributed by atoms with E-state index < -0.39 is 0 Å². The molecule has 9 heavy (non-hydrogen) atoms. The van der Waals surface area contributed by atoms with E-state index in [0.29, 0.717) is 6.67 Å². The summed E-state index contributed by atoms with van der Waals surface area (Å²) in [5, 5.41) is 13.1. The molecule has 1 aliphatic heterocycles. The third-order valence-corrected chi connectivity index (χ3v) is 1.13. The van der Waals surface area contributed by atoms with Crippen molar-refractivity contribution in [2.45, 2.75) is 0 Å². The third-order valence-electron chi connectivity index (χ3n) is 1.13. The molecule has 2 heterocycles. The summed E-state index contributed by atoms with van der Waals surface area (Å²) < 4.78 is 0. The van der Waals surface area contributed by atoms with E-state index in [9.17, 15) is 0 Å². The number of H-pyrrole nitrogens is 1. The van der Waals surface area contributed by atoms with Crippen molar-refractivity contribution in [1.29, 1.82) is 0 Å². The molecule has 0 bridgehead atoms. The number of aromatic amines is 1. The zero-order valence-electron chi connectivity index (χ0n) is 4.63. The molecule has 1 aliphatic rings. The van der Waals surface area contributed by atoms with Crippen molar-refractivity contribution in [1.82, 2.24) is 15.4 Å². The van der Waals surface area contributed by atoms with Gasteiger partial charge in [-0.25, -0.2) is 0 Å². The van der Waals surface area contributed by atoms with Gasteiger partial charge in [-0.2, -0.15) is 10.3 Å². The number of aromatic nitrogens is 3. The summed E-state index contributed by atoms with van der Waals surface area (Å²) in [5.74, 6) is 0.782. The molecule has 5 nitrogen and oxygen atoms in total. The number of aliphatic imine (C=N–C) groups is 1. The van der Waals surface area contributed by atoms with Gasteiger partial charge in [0.05, 0.1) is 6.21 Å². The van der Waals surface area contributed by atoms with Crippen molar-refractivity contribution in [3.05, 3.63) is 5.69 Å². The van der Waals surface area contributed by atoms with Gasteiger partial charge in [0.15, 0.2) is 5.82 Å². The van der Waals surface area contributed by atoms with E-state index >= 15 is 0 Å². The normalized spacial score (nSPS) is 14.7. The molecular weight excluding hydrogens is 118 g/mol. The molecule has 0 saturated heterocycles. The zero-order valence-corrected chi connectivity index (χ0v) is 4.63. The Kier molecular flexibility index (Phi) is 0.769. The Bertz CT molecular complexity index is 237. The molecular formula is C4H5N5. The first-order valence-corrected chi connectivity index (χ1v) is 2.61. The molecule has 1 aromatic heterocycles. The van der Waals surface area contributed by atoms with Crippen LogP contribution < -0.4 is 5.32 Å². The second-order valence-corrected chi connectivity index (χ2v) is 1.70. The Morgan fingerprint density at radius 2 is 2.44 bits per heavy atom. The van der Waals surface area contributed by atoms with Crippen LogP contribution in [-0.4, -0.2) is 28.3 Å². The molecule has 2 N–H and O–H groups in total. The molecule has 2 rings (SSSR count). The molecule has 0 aliphatic carbocycles. The van der Waals surface area contributed by atoms with Crippen LogP contribution in [0.3, 0.4) is 0 Å². The number of nitrogens with one attached hydrogen (secondary N) is 2. The molecule has 0 amide bonds. The first-order chi connectivity index (χ1) is 4.47. The third kappa shape index (κ3) is 0.576. The average molecular weight is 123 g/mol. The highest BCUT2D eigenvalue weighted by Gasteiger charge is 2.06. The number of nitrogens with zero attached hydrogens (tertiary/aromatic N) is 3. The lowest BCUT2D eigenvalue weighted by Crippen LogP contribution is -2.06. The summed E-state index contributed by atoms with van der Waals surface area (Å²) in [5.41, 5.74) is 0.779. The second kappa shape index (κ2) is 1.54. The summed E-state index contributed by atoms with van der Waals surface area (Å²) in [6.07, 6.45) is 1.69. The fraction of sp³-hybridized carbons (Fsp3) is 0.250. The predicted molar refractivity (Wildman–Crippen MR) is 32.5 cm³/mol. The van der Waals surface area contributed by atoms with Crippen LogP contribution in [0.5, 0.6) is 0 Å². The number of rotatable bonds is 0. The molecule has 0 unspecified atom stereocenters. The lowest BCUT2D eigenvalue weighted by molar-refractivity contribution is 0.938. The van der Waals surface area contributed by atoms with Crippen LogP contribution in [0.25, 0.3) is 0 Å². The maximum absolute atomic E-state index is 3.93. The first kappa shape index (κ1) is 4.49. The van der Waals surface area contributed by atoms with Crippen molar-refractivity contribution in [2.24, 2.45) is 4.99 Å². The number of anilines is 1. The van der Waals surface area contributed by atoms with Crippen LogP contribution in [0.1, 0.15) is 5.69 Å². The van der Waals surface area contributed by atoms with Crippen molar-refractivity contribution in [2.75, 3.05) is 12.0 Å². The molecule has 0 saturated carbocycles. The maximum Gasteiger partial charge on any atom is 0.178 e. The van der Waals surface area contributed by atoms with Gasteiger partial charge < -0.3 is 5.32 Å². The van der Waals surface area contributed by atoms with E-state index in [-0.39, 0.29) is 0 Å². The largest absolute Gasteiger partial charge is 0.348 e. The Hall–Kier alpha value is -1.39. The Balaban J connectivity index is 2.53. The van der Waals surface area contributed by atoms with Gasteiger partial charge in [-0.1, -0.05) is 0 Å². The Labute approximate surface area is 51.2 Å². The number of fused-ring (bicyclic) bond motifs is 1. The van der Waals surface area contributed by atoms with Gasteiger partial charge >= 0.3 is 0 Å². The van der Waals surface area contributed by atoms with Gasteiger partial charge in [0, 0.05) is 0 Å². The van der Waals surface area contributed by atoms with E-state index in [1.54, 1.807) is 6.21 Å². The minimum atomic E-state index is 0.597. The molecule has 1 aromatic rings. The predicted octanol–water partition coefficient (Wildman–Crippen LogP) is -0.393. The fourth-order valence-electron chi connectivity index (χ4n) is 0.712. The minimum absolute atomic E-state index is 0.597.